The zero-order valence-corrected chi connectivity index (χ0v) is 10.7. The van der Waals surface area contributed by atoms with Crippen molar-refractivity contribution in [3.8, 4) is 5.75 Å². The fraction of sp³-hybridized carbons (Fsp3) is 0.462. The third-order valence-electron chi connectivity index (χ3n) is 2.27. The highest BCUT2D eigenvalue weighted by Gasteiger charge is 2.11. The van der Waals surface area contributed by atoms with Gasteiger partial charge in [-0.15, -0.1) is 11.6 Å². The molecule has 0 saturated carbocycles. The molecule has 0 aromatic heterocycles. The Morgan fingerprint density at radius 1 is 1.29 bits per heavy atom. The average Bonchev–Trinajstić information content (AvgIpc) is 2.37. The molecule has 94 valence electrons. The standard InChI is InChI=1S/C13H17ClO3/c1-16-9-10-17-13-7-3-2-5-11(13)12(15)6-4-8-14/h2-3,5,7H,4,6,8-10H2,1H3. The van der Waals surface area contributed by atoms with Crippen LogP contribution in [0.5, 0.6) is 5.75 Å². The molecule has 0 bridgehead atoms. The molecule has 3 nitrogen and oxygen atoms in total. The van der Waals surface area contributed by atoms with Crippen molar-refractivity contribution in [1.82, 2.24) is 0 Å². The Bertz CT molecular complexity index is 352. The lowest BCUT2D eigenvalue weighted by molar-refractivity contribution is 0.0974. The summed E-state index contributed by atoms with van der Waals surface area (Å²) in [6, 6.07) is 7.25. The van der Waals surface area contributed by atoms with Gasteiger partial charge in [0.05, 0.1) is 12.2 Å². The van der Waals surface area contributed by atoms with E-state index in [1.165, 1.54) is 0 Å². The minimum Gasteiger partial charge on any atom is -0.490 e. The number of benzene rings is 1. The number of carbonyl (C=O) groups excluding carboxylic acids is 1. The molecule has 1 aromatic rings. The SMILES string of the molecule is COCCOc1ccccc1C(=O)CCCCl. The molecule has 0 N–H and O–H groups in total. The maximum Gasteiger partial charge on any atom is 0.166 e. The Morgan fingerprint density at radius 3 is 2.76 bits per heavy atom. The Balaban J connectivity index is 2.66. The normalized spacial score (nSPS) is 10.2. The van der Waals surface area contributed by atoms with Crippen molar-refractivity contribution in [3.63, 3.8) is 0 Å². The van der Waals surface area contributed by atoms with Crippen LogP contribution in [-0.2, 0) is 4.74 Å². The number of rotatable bonds is 8. The van der Waals surface area contributed by atoms with Gasteiger partial charge >= 0.3 is 0 Å². The largest absolute Gasteiger partial charge is 0.490 e. The summed E-state index contributed by atoms with van der Waals surface area (Å²) in [6.45, 7) is 0.945. The molecule has 0 aliphatic rings. The first-order chi connectivity index (χ1) is 8.29. The third-order valence-corrected chi connectivity index (χ3v) is 2.54. The van der Waals surface area contributed by atoms with E-state index >= 15 is 0 Å². The molecule has 0 heterocycles. The summed E-state index contributed by atoms with van der Waals surface area (Å²) in [5.74, 6) is 1.18. The van der Waals surface area contributed by atoms with Crippen molar-refractivity contribution < 1.29 is 14.3 Å². The highest BCUT2D eigenvalue weighted by molar-refractivity contribution is 6.18. The highest BCUT2D eigenvalue weighted by Crippen LogP contribution is 2.20. The molecule has 0 amide bonds. The molecule has 0 unspecified atom stereocenters. The van der Waals surface area contributed by atoms with Crippen molar-refractivity contribution in [2.75, 3.05) is 26.2 Å². The lowest BCUT2D eigenvalue weighted by atomic mass is 10.1. The number of alkyl halides is 1. The molecule has 1 rings (SSSR count). The van der Waals surface area contributed by atoms with Crippen LogP contribution >= 0.6 is 11.6 Å². The van der Waals surface area contributed by atoms with Crippen LogP contribution in [0.1, 0.15) is 23.2 Å². The molecule has 0 spiro atoms. The van der Waals surface area contributed by atoms with Gasteiger partial charge in [-0.05, 0) is 18.6 Å². The molecular formula is C13H17ClO3. The number of para-hydroxylation sites is 1. The molecule has 0 fully saturated rings. The van der Waals surface area contributed by atoms with Crippen LogP contribution in [0.4, 0.5) is 0 Å². The van der Waals surface area contributed by atoms with Crippen molar-refractivity contribution in [3.05, 3.63) is 29.8 Å². The average molecular weight is 257 g/mol. The van der Waals surface area contributed by atoms with E-state index in [4.69, 9.17) is 21.1 Å². The second-order valence-corrected chi connectivity index (χ2v) is 3.93. The maximum atomic E-state index is 11.9. The van der Waals surface area contributed by atoms with Gasteiger partial charge in [-0.1, -0.05) is 12.1 Å². The first kappa shape index (κ1) is 14.0. The molecule has 0 saturated heterocycles. The van der Waals surface area contributed by atoms with Crippen molar-refractivity contribution in [2.24, 2.45) is 0 Å². The number of halogens is 1. The van der Waals surface area contributed by atoms with E-state index in [-0.39, 0.29) is 5.78 Å². The lowest BCUT2D eigenvalue weighted by Gasteiger charge is -2.10. The number of Topliss-reactive ketones (excluding diaryl/α,β-unsaturated/α-hetero) is 1. The van der Waals surface area contributed by atoms with Crippen LogP contribution in [-0.4, -0.2) is 32.0 Å². The summed E-state index contributed by atoms with van der Waals surface area (Å²) in [5.41, 5.74) is 0.619. The van der Waals surface area contributed by atoms with Crippen LogP contribution in [0.2, 0.25) is 0 Å². The van der Waals surface area contributed by atoms with Crippen LogP contribution < -0.4 is 4.74 Å². The third kappa shape index (κ3) is 4.75. The van der Waals surface area contributed by atoms with Crippen LogP contribution in [0.25, 0.3) is 0 Å². The minimum absolute atomic E-state index is 0.0682. The zero-order chi connectivity index (χ0) is 12.5. The van der Waals surface area contributed by atoms with Crippen molar-refractivity contribution >= 4 is 17.4 Å². The van der Waals surface area contributed by atoms with Gasteiger partial charge < -0.3 is 9.47 Å². The van der Waals surface area contributed by atoms with Crippen LogP contribution in [0.3, 0.4) is 0 Å². The number of methoxy groups -OCH3 is 1. The van der Waals surface area contributed by atoms with Crippen LogP contribution in [0.15, 0.2) is 24.3 Å². The smallest absolute Gasteiger partial charge is 0.166 e. The molecular weight excluding hydrogens is 240 g/mol. The van der Waals surface area contributed by atoms with Gasteiger partial charge in [0.2, 0.25) is 0 Å². The summed E-state index contributed by atoms with van der Waals surface area (Å²) >= 11 is 5.58. The van der Waals surface area contributed by atoms with E-state index in [0.717, 1.165) is 0 Å². The molecule has 0 radical (unpaired) electrons. The molecule has 0 aliphatic carbocycles. The highest BCUT2D eigenvalue weighted by atomic mass is 35.5. The molecule has 17 heavy (non-hydrogen) atoms. The number of hydrogen-bond donors (Lipinski definition) is 0. The van der Waals surface area contributed by atoms with E-state index in [9.17, 15) is 4.79 Å². The van der Waals surface area contributed by atoms with Gasteiger partial charge in [0.25, 0.3) is 0 Å². The second kappa shape index (κ2) is 8.09. The summed E-state index contributed by atoms with van der Waals surface area (Å²) in [7, 11) is 1.61. The van der Waals surface area contributed by atoms with Gasteiger partial charge in [0.15, 0.2) is 5.78 Å². The fourth-order valence-corrected chi connectivity index (χ4v) is 1.55. The van der Waals surface area contributed by atoms with E-state index in [1.807, 2.05) is 12.1 Å². The fourth-order valence-electron chi connectivity index (χ4n) is 1.42. The van der Waals surface area contributed by atoms with Gasteiger partial charge in [-0.25, -0.2) is 0 Å². The first-order valence-corrected chi connectivity index (χ1v) is 6.13. The summed E-state index contributed by atoms with van der Waals surface area (Å²) < 4.78 is 10.4. The number of carbonyl (C=O) groups is 1. The van der Waals surface area contributed by atoms with Crippen molar-refractivity contribution in [1.29, 1.82) is 0 Å². The quantitative estimate of drug-likeness (QED) is 0.408. The molecule has 0 aliphatic heterocycles. The van der Waals surface area contributed by atoms with Gasteiger partial charge in [-0.3, -0.25) is 4.79 Å². The molecule has 1 aromatic carbocycles. The first-order valence-electron chi connectivity index (χ1n) is 5.59. The lowest BCUT2D eigenvalue weighted by Crippen LogP contribution is -2.08. The summed E-state index contributed by atoms with van der Waals surface area (Å²) in [6.07, 6.45) is 1.14. The Morgan fingerprint density at radius 2 is 2.06 bits per heavy atom. The van der Waals surface area contributed by atoms with Gasteiger partial charge in [0.1, 0.15) is 12.4 Å². The van der Waals surface area contributed by atoms with Gasteiger partial charge in [0, 0.05) is 19.4 Å². The predicted molar refractivity (Wildman–Crippen MR) is 68.1 cm³/mol. The Hall–Kier alpha value is -1.06. The minimum atomic E-state index is 0.0682. The molecule has 0 atom stereocenters. The predicted octanol–water partition coefficient (Wildman–Crippen LogP) is 2.91. The van der Waals surface area contributed by atoms with E-state index in [1.54, 1.807) is 19.2 Å². The number of ketones is 1. The number of hydrogen-bond acceptors (Lipinski definition) is 3. The topological polar surface area (TPSA) is 35.5 Å². The van der Waals surface area contributed by atoms with E-state index in [2.05, 4.69) is 0 Å². The van der Waals surface area contributed by atoms with Crippen molar-refractivity contribution in [2.45, 2.75) is 12.8 Å². The Kier molecular flexibility index (Phi) is 6.67. The Labute approximate surface area is 107 Å². The van der Waals surface area contributed by atoms with Gasteiger partial charge in [-0.2, -0.15) is 0 Å². The van der Waals surface area contributed by atoms with E-state index in [0.29, 0.717) is 43.2 Å². The summed E-state index contributed by atoms with van der Waals surface area (Å²) in [4.78, 5) is 11.9. The zero-order valence-electron chi connectivity index (χ0n) is 9.95. The molecule has 4 heteroatoms. The summed E-state index contributed by atoms with van der Waals surface area (Å²) in [5, 5.41) is 0. The second-order valence-electron chi connectivity index (χ2n) is 3.55. The van der Waals surface area contributed by atoms with E-state index < -0.39 is 0 Å². The van der Waals surface area contributed by atoms with Crippen LogP contribution in [0, 0.1) is 0 Å². The number of ether oxygens (including phenoxy) is 2. The monoisotopic (exact) mass is 256 g/mol. The maximum absolute atomic E-state index is 11.9.